The number of benzene rings is 1. The van der Waals surface area contributed by atoms with Crippen LogP contribution in [-0.2, 0) is 4.74 Å². The van der Waals surface area contributed by atoms with Crippen LogP contribution in [0.4, 0.5) is 22.0 Å². The van der Waals surface area contributed by atoms with Crippen molar-refractivity contribution in [1.82, 2.24) is 9.88 Å². The van der Waals surface area contributed by atoms with Crippen molar-refractivity contribution in [3.8, 4) is 5.75 Å². The summed E-state index contributed by atoms with van der Waals surface area (Å²) in [4.78, 5) is 27.3. The molecule has 6 rings (SSSR count). The lowest BCUT2D eigenvalue weighted by atomic mass is 9.75. The van der Waals surface area contributed by atoms with Crippen LogP contribution in [0.15, 0.2) is 36.5 Å². The van der Waals surface area contributed by atoms with Gasteiger partial charge in [-0.15, -0.1) is 0 Å². The van der Waals surface area contributed by atoms with Crippen molar-refractivity contribution >= 4 is 34.9 Å². The van der Waals surface area contributed by atoms with Crippen molar-refractivity contribution in [1.29, 1.82) is 0 Å². The summed E-state index contributed by atoms with van der Waals surface area (Å²) >= 11 is 6.36. The molecule has 3 saturated heterocycles. The maximum atomic E-state index is 12.3. The molecule has 9 heteroatoms. The maximum Gasteiger partial charge on any atom is 0.410 e. The van der Waals surface area contributed by atoms with Crippen molar-refractivity contribution in [2.45, 2.75) is 90.4 Å². The zero-order valence-electron chi connectivity index (χ0n) is 26.6. The van der Waals surface area contributed by atoms with E-state index in [-0.39, 0.29) is 12.2 Å². The molecule has 3 aliphatic heterocycles. The first-order chi connectivity index (χ1) is 21.0. The molecular formula is C35H46ClN5O3. The molecule has 1 aromatic carbocycles. The third-order valence-corrected chi connectivity index (χ3v) is 10.6. The Morgan fingerprint density at radius 3 is 2.41 bits per heavy atom. The van der Waals surface area contributed by atoms with Crippen LogP contribution in [0.3, 0.4) is 0 Å². The van der Waals surface area contributed by atoms with Gasteiger partial charge in [-0.1, -0.05) is 17.7 Å². The Labute approximate surface area is 267 Å². The number of amides is 1. The molecule has 0 bridgehead atoms. The van der Waals surface area contributed by atoms with Gasteiger partial charge in [0.2, 0.25) is 5.69 Å². The van der Waals surface area contributed by atoms with E-state index in [1.807, 2.05) is 50.1 Å². The number of carbonyl (C=O) groups excluding carboxylic acids is 1. The third kappa shape index (κ3) is 6.73. The summed E-state index contributed by atoms with van der Waals surface area (Å²) in [7, 11) is 0. The number of anilines is 2. The number of aromatic nitrogens is 1. The SMILES string of the molecule is [C-]#[N+]c1ccc(N2CC3(CCN(c4ccc(OC5CCC(C6CN(C(=O)OC(C)(C)C)C6)CC5)cn4)CC3)C[C@@H]2C)cc1Cl. The van der Waals surface area contributed by atoms with Gasteiger partial charge in [0.15, 0.2) is 0 Å². The molecule has 0 radical (unpaired) electrons. The lowest BCUT2D eigenvalue weighted by molar-refractivity contribution is -0.0187. The molecule has 1 aliphatic carbocycles. The first-order valence-electron chi connectivity index (χ1n) is 16.3. The molecule has 44 heavy (non-hydrogen) atoms. The number of hydrogen-bond donors (Lipinski definition) is 0. The monoisotopic (exact) mass is 619 g/mol. The normalized spacial score (nSPS) is 25.5. The highest BCUT2D eigenvalue weighted by atomic mass is 35.5. The van der Waals surface area contributed by atoms with Crippen LogP contribution < -0.4 is 14.5 Å². The fraction of sp³-hybridized carbons (Fsp3) is 0.629. The minimum atomic E-state index is -0.441. The second-order valence-electron chi connectivity index (χ2n) is 14.6. The second kappa shape index (κ2) is 12.3. The highest BCUT2D eigenvalue weighted by Gasteiger charge is 2.44. The second-order valence-corrected chi connectivity index (χ2v) is 15.0. The van der Waals surface area contributed by atoms with Crippen LogP contribution in [0.1, 0.15) is 72.6 Å². The van der Waals surface area contributed by atoms with Gasteiger partial charge in [-0.05, 0) is 114 Å². The van der Waals surface area contributed by atoms with Crippen molar-refractivity contribution in [2.24, 2.45) is 17.3 Å². The molecule has 1 aromatic heterocycles. The predicted molar refractivity (Wildman–Crippen MR) is 175 cm³/mol. The Bertz CT molecular complexity index is 1360. The lowest BCUT2D eigenvalue weighted by Crippen LogP contribution is -2.54. The number of hydrogen-bond acceptors (Lipinski definition) is 6. The van der Waals surface area contributed by atoms with Crippen molar-refractivity contribution in [3.63, 3.8) is 0 Å². The van der Waals surface area contributed by atoms with Gasteiger partial charge >= 0.3 is 6.09 Å². The van der Waals surface area contributed by atoms with Crippen LogP contribution >= 0.6 is 11.6 Å². The van der Waals surface area contributed by atoms with E-state index in [1.54, 1.807) is 0 Å². The van der Waals surface area contributed by atoms with E-state index >= 15 is 0 Å². The lowest BCUT2D eigenvalue weighted by Gasteiger charge is -2.45. The Morgan fingerprint density at radius 2 is 1.80 bits per heavy atom. The van der Waals surface area contributed by atoms with E-state index in [2.05, 4.69) is 33.7 Å². The van der Waals surface area contributed by atoms with Gasteiger partial charge in [0, 0.05) is 49.5 Å². The molecule has 0 N–H and O–H groups in total. The Hall–Kier alpha value is -3.18. The van der Waals surface area contributed by atoms with Gasteiger partial charge in [-0.25, -0.2) is 14.6 Å². The summed E-state index contributed by atoms with van der Waals surface area (Å²) in [6, 6.07) is 10.5. The number of ether oxygens (including phenoxy) is 2. The van der Waals surface area contributed by atoms with Crippen LogP contribution in [0, 0.1) is 23.8 Å². The minimum absolute atomic E-state index is 0.184. The largest absolute Gasteiger partial charge is 0.489 e. The van der Waals surface area contributed by atoms with Crippen molar-refractivity contribution in [3.05, 3.63) is 53.0 Å². The van der Waals surface area contributed by atoms with E-state index in [4.69, 9.17) is 32.6 Å². The fourth-order valence-corrected chi connectivity index (χ4v) is 8.00. The number of likely N-dealkylation sites (tertiary alicyclic amines) is 1. The highest BCUT2D eigenvalue weighted by molar-refractivity contribution is 6.33. The molecule has 4 heterocycles. The summed E-state index contributed by atoms with van der Waals surface area (Å²) in [6.07, 6.45) is 9.79. The minimum Gasteiger partial charge on any atom is -0.489 e. The molecule has 0 unspecified atom stereocenters. The molecule has 1 amide bonds. The predicted octanol–water partition coefficient (Wildman–Crippen LogP) is 7.98. The van der Waals surface area contributed by atoms with Crippen molar-refractivity contribution in [2.75, 3.05) is 42.5 Å². The number of pyridine rings is 1. The average Bonchev–Trinajstić information content (AvgIpc) is 3.28. The number of rotatable bonds is 5. The van der Waals surface area contributed by atoms with Crippen LogP contribution in [0.2, 0.25) is 5.02 Å². The molecule has 4 fully saturated rings. The van der Waals surface area contributed by atoms with Gasteiger partial charge in [-0.2, -0.15) is 0 Å². The number of nitrogens with zero attached hydrogens (tertiary/aromatic N) is 5. The molecule has 2 aromatic rings. The van der Waals surface area contributed by atoms with Crippen LogP contribution in [0.5, 0.6) is 5.75 Å². The summed E-state index contributed by atoms with van der Waals surface area (Å²) in [5.74, 6) is 3.13. The maximum absolute atomic E-state index is 12.3. The molecule has 8 nitrogen and oxygen atoms in total. The fourth-order valence-electron chi connectivity index (χ4n) is 7.79. The molecule has 1 spiro atoms. The molecule has 236 valence electrons. The third-order valence-electron chi connectivity index (χ3n) is 10.3. The molecular weight excluding hydrogens is 574 g/mol. The van der Waals surface area contributed by atoms with E-state index in [0.717, 1.165) is 88.5 Å². The van der Waals surface area contributed by atoms with Gasteiger partial charge in [0.1, 0.15) is 17.2 Å². The topological polar surface area (TPSA) is 62.5 Å². The molecule has 1 atom stereocenters. The average molecular weight is 620 g/mol. The quantitative estimate of drug-likeness (QED) is 0.316. The first kappa shape index (κ1) is 30.8. The zero-order valence-corrected chi connectivity index (χ0v) is 27.4. The van der Waals surface area contributed by atoms with Gasteiger partial charge < -0.3 is 24.2 Å². The van der Waals surface area contributed by atoms with E-state index < -0.39 is 5.60 Å². The summed E-state index contributed by atoms with van der Waals surface area (Å²) in [5, 5.41) is 0.536. The standard InChI is InChI=1S/C35H46ClN5O3/c1-24-19-35(23-41(24)27-8-12-31(37-5)30(36)18-27)14-16-39(17-15-35)32-13-11-29(20-38-32)43-28-9-6-25(7-10-28)26-21-40(22-26)33(42)44-34(2,3)4/h8,11-13,18,20,24-26,28H,6-7,9-10,14-17,19,21-23H2,1-4H3/t24-,25?,28?/m0/s1. The van der Waals surface area contributed by atoms with Crippen LogP contribution in [0.25, 0.3) is 4.85 Å². The van der Waals surface area contributed by atoms with E-state index in [0.29, 0.717) is 34.0 Å². The zero-order chi connectivity index (χ0) is 31.1. The van der Waals surface area contributed by atoms with Gasteiger partial charge in [0.25, 0.3) is 0 Å². The van der Waals surface area contributed by atoms with E-state index in [1.165, 1.54) is 6.42 Å². The summed E-state index contributed by atoms with van der Waals surface area (Å²) in [6.45, 7) is 20.0. The number of carbonyl (C=O) groups is 1. The molecule has 4 aliphatic rings. The number of piperidine rings is 1. The molecule has 1 saturated carbocycles. The van der Waals surface area contributed by atoms with Gasteiger partial charge in [-0.3, -0.25) is 0 Å². The van der Waals surface area contributed by atoms with Crippen molar-refractivity contribution < 1.29 is 14.3 Å². The number of halogens is 1. The highest BCUT2D eigenvalue weighted by Crippen LogP contribution is 2.46. The van der Waals surface area contributed by atoms with Crippen LogP contribution in [-0.4, -0.2) is 66.4 Å². The smallest absolute Gasteiger partial charge is 0.410 e. The Morgan fingerprint density at radius 1 is 1.07 bits per heavy atom. The Balaban J connectivity index is 0.942. The first-order valence-corrected chi connectivity index (χ1v) is 16.7. The van der Waals surface area contributed by atoms with E-state index in [9.17, 15) is 4.79 Å². The Kier molecular flexibility index (Phi) is 8.63. The van der Waals surface area contributed by atoms with Gasteiger partial charge in [0.05, 0.1) is 18.9 Å². The summed E-state index contributed by atoms with van der Waals surface area (Å²) in [5.41, 5.74) is 1.49. The summed E-state index contributed by atoms with van der Waals surface area (Å²) < 4.78 is 11.9.